The second-order valence-corrected chi connectivity index (χ2v) is 2.59. The van der Waals surface area contributed by atoms with Crippen LogP contribution in [0.4, 0.5) is 8.78 Å². The van der Waals surface area contributed by atoms with Crippen molar-refractivity contribution in [3.05, 3.63) is 17.3 Å². The van der Waals surface area contributed by atoms with Crippen LogP contribution < -0.4 is 9.47 Å². The van der Waals surface area contributed by atoms with Gasteiger partial charge in [0.2, 0.25) is 5.88 Å². The molecule has 1 aromatic heterocycles. The second-order valence-electron chi connectivity index (χ2n) is 2.59. The minimum absolute atomic E-state index is 0.0180. The molecular weight excluding hydrogens is 208 g/mol. The van der Waals surface area contributed by atoms with Crippen LogP contribution in [0.25, 0.3) is 0 Å². The molecule has 0 aromatic carbocycles. The number of methoxy groups -OCH3 is 2. The smallest absolute Gasteiger partial charge is 0.280 e. The van der Waals surface area contributed by atoms with Crippen LogP contribution in [0.1, 0.15) is 22.5 Å². The molecule has 82 valence electrons. The Labute approximate surface area is 84.8 Å². The van der Waals surface area contributed by atoms with E-state index in [9.17, 15) is 13.6 Å². The first-order chi connectivity index (χ1) is 7.13. The number of halogens is 2. The van der Waals surface area contributed by atoms with Crippen LogP contribution in [0.15, 0.2) is 6.07 Å². The van der Waals surface area contributed by atoms with Crippen molar-refractivity contribution in [1.82, 2.24) is 4.98 Å². The van der Waals surface area contributed by atoms with Crippen molar-refractivity contribution in [2.75, 3.05) is 14.2 Å². The Morgan fingerprint density at radius 3 is 2.47 bits per heavy atom. The molecule has 0 unspecified atom stereocenters. The van der Waals surface area contributed by atoms with Gasteiger partial charge in [0, 0.05) is 6.07 Å². The van der Waals surface area contributed by atoms with E-state index in [1.165, 1.54) is 14.2 Å². The molecular formula is C9H9F2NO3. The SMILES string of the molecule is COc1cc(C(F)F)nc(OC)c1C=O. The van der Waals surface area contributed by atoms with E-state index in [1.807, 2.05) is 0 Å². The molecule has 0 fully saturated rings. The van der Waals surface area contributed by atoms with Crippen molar-refractivity contribution in [3.8, 4) is 11.6 Å². The number of aromatic nitrogens is 1. The molecule has 0 aliphatic carbocycles. The number of ether oxygens (including phenoxy) is 2. The molecule has 1 heterocycles. The molecule has 0 aliphatic rings. The number of pyridine rings is 1. The summed E-state index contributed by atoms with van der Waals surface area (Å²) in [5, 5.41) is 0. The van der Waals surface area contributed by atoms with Crippen LogP contribution in [0.2, 0.25) is 0 Å². The van der Waals surface area contributed by atoms with Gasteiger partial charge in [0.05, 0.1) is 14.2 Å². The number of carbonyl (C=O) groups is 1. The third-order valence-corrected chi connectivity index (χ3v) is 1.76. The summed E-state index contributed by atoms with van der Waals surface area (Å²) in [7, 11) is 2.51. The highest BCUT2D eigenvalue weighted by molar-refractivity contribution is 5.82. The number of nitrogens with zero attached hydrogens (tertiary/aromatic N) is 1. The largest absolute Gasteiger partial charge is 0.496 e. The Morgan fingerprint density at radius 1 is 1.40 bits per heavy atom. The number of hydrogen-bond acceptors (Lipinski definition) is 4. The topological polar surface area (TPSA) is 48.4 Å². The summed E-state index contributed by atoms with van der Waals surface area (Å²) in [6.45, 7) is 0. The molecule has 1 rings (SSSR count). The van der Waals surface area contributed by atoms with Crippen molar-refractivity contribution >= 4 is 6.29 Å². The minimum Gasteiger partial charge on any atom is -0.496 e. The number of aldehydes is 1. The minimum atomic E-state index is -2.74. The van der Waals surface area contributed by atoms with Gasteiger partial charge < -0.3 is 9.47 Å². The third kappa shape index (κ3) is 2.20. The molecule has 0 aliphatic heterocycles. The van der Waals surface area contributed by atoms with E-state index in [0.717, 1.165) is 6.07 Å². The molecule has 0 bridgehead atoms. The standard InChI is InChI=1S/C9H9F2NO3/c1-14-7-3-6(8(10)11)12-9(15-2)5(7)4-13/h3-4,8H,1-2H3. The summed E-state index contributed by atoms with van der Waals surface area (Å²) in [4.78, 5) is 14.1. The molecule has 1 aromatic rings. The lowest BCUT2D eigenvalue weighted by Gasteiger charge is -2.09. The van der Waals surface area contributed by atoms with E-state index in [-0.39, 0.29) is 17.2 Å². The molecule has 15 heavy (non-hydrogen) atoms. The first kappa shape index (κ1) is 11.4. The second kappa shape index (κ2) is 4.68. The monoisotopic (exact) mass is 217 g/mol. The first-order valence-corrected chi connectivity index (χ1v) is 4.00. The molecule has 0 atom stereocenters. The van der Waals surface area contributed by atoms with E-state index in [2.05, 4.69) is 4.98 Å². The number of carbonyl (C=O) groups excluding carboxylic acids is 1. The van der Waals surface area contributed by atoms with E-state index in [1.54, 1.807) is 0 Å². The van der Waals surface area contributed by atoms with Crippen molar-refractivity contribution < 1.29 is 23.0 Å². The van der Waals surface area contributed by atoms with E-state index < -0.39 is 12.1 Å². The zero-order chi connectivity index (χ0) is 11.4. The predicted octanol–water partition coefficient (Wildman–Crippen LogP) is 1.85. The maximum atomic E-state index is 12.4. The van der Waals surface area contributed by atoms with Gasteiger partial charge in [-0.2, -0.15) is 0 Å². The van der Waals surface area contributed by atoms with Crippen LogP contribution in [-0.4, -0.2) is 25.5 Å². The Hall–Kier alpha value is -1.72. The highest BCUT2D eigenvalue weighted by atomic mass is 19.3. The molecule has 0 N–H and O–H groups in total. The van der Waals surface area contributed by atoms with Gasteiger partial charge in [0.1, 0.15) is 17.0 Å². The lowest BCUT2D eigenvalue weighted by molar-refractivity contribution is 0.111. The quantitative estimate of drug-likeness (QED) is 0.722. The molecule has 0 saturated carbocycles. The lowest BCUT2D eigenvalue weighted by Crippen LogP contribution is -2.02. The predicted molar refractivity (Wildman–Crippen MR) is 47.7 cm³/mol. The van der Waals surface area contributed by atoms with Gasteiger partial charge in [-0.1, -0.05) is 0 Å². The number of rotatable bonds is 4. The van der Waals surface area contributed by atoms with E-state index in [4.69, 9.17) is 9.47 Å². The lowest BCUT2D eigenvalue weighted by atomic mass is 10.2. The van der Waals surface area contributed by atoms with Gasteiger partial charge in [-0.25, -0.2) is 13.8 Å². The zero-order valence-corrected chi connectivity index (χ0v) is 8.16. The summed E-state index contributed by atoms with van der Waals surface area (Å²) in [6, 6.07) is 1.01. The van der Waals surface area contributed by atoms with Crippen molar-refractivity contribution in [2.24, 2.45) is 0 Å². The molecule has 0 spiro atoms. The molecule has 0 amide bonds. The van der Waals surface area contributed by atoms with Gasteiger partial charge in [0.15, 0.2) is 6.29 Å². The van der Waals surface area contributed by atoms with Crippen LogP contribution in [-0.2, 0) is 0 Å². The van der Waals surface area contributed by atoms with Gasteiger partial charge in [0.25, 0.3) is 6.43 Å². The van der Waals surface area contributed by atoms with E-state index >= 15 is 0 Å². The summed E-state index contributed by atoms with van der Waals surface area (Å²) >= 11 is 0. The van der Waals surface area contributed by atoms with Crippen LogP contribution in [0, 0.1) is 0 Å². The molecule has 4 nitrogen and oxygen atoms in total. The molecule has 6 heteroatoms. The average Bonchev–Trinajstić information content (AvgIpc) is 2.26. The summed E-state index contributed by atoms with van der Waals surface area (Å²) in [5.74, 6) is -0.146. The van der Waals surface area contributed by atoms with Gasteiger partial charge in [-0.3, -0.25) is 4.79 Å². The average molecular weight is 217 g/mol. The Bertz CT molecular complexity index is 343. The Balaban J connectivity index is 3.35. The maximum Gasteiger partial charge on any atom is 0.280 e. The number of hydrogen-bond donors (Lipinski definition) is 0. The Morgan fingerprint density at radius 2 is 2.07 bits per heavy atom. The van der Waals surface area contributed by atoms with Gasteiger partial charge in [-0.05, 0) is 0 Å². The fourth-order valence-corrected chi connectivity index (χ4v) is 1.07. The Kier molecular flexibility index (Phi) is 3.54. The zero-order valence-electron chi connectivity index (χ0n) is 8.16. The van der Waals surface area contributed by atoms with Crippen LogP contribution >= 0.6 is 0 Å². The highest BCUT2D eigenvalue weighted by Crippen LogP contribution is 2.29. The van der Waals surface area contributed by atoms with Gasteiger partial charge in [-0.15, -0.1) is 0 Å². The summed E-state index contributed by atoms with van der Waals surface area (Å²) in [5.41, 5.74) is -0.473. The first-order valence-electron chi connectivity index (χ1n) is 4.00. The fourth-order valence-electron chi connectivity index (χ4n) is 1.07. The third-order valence-electron chi connectivity index (χ3n) is 1.76. The van der Waals surface area contributed by atoms with Gasteiger partial charge >= 0.3 is 0 Å². The fraction of sp³-hybridized carbons (Fsp3) is 0.333. The normalized spacial score (nSPS) is 10.2. The highest BCUT2D eigenvalue weighted by Gasteiger charge is 2.18. The van der Waals surface area contributed by atoms with Crippen LogP contribution in [0.5, 0.6) is 11.6 Å². The van der Waals surface area contributed by atoms with Crippen molar-refractivity contribution in [1.29, 1.82) is 0 Å². The maximum absolute atomic E-state index is 12.4. The number of alkyl halides is 2. The molecule has 0 radical (unpaired) electrons. The van der Waals surface area contributed by atoms with Crippen LogP contribution in [0.3, 0.4) is 0 Å². The van der Waals surface area contributed by atoms with Crippen molar-refractivity contribution in [3.63, 3.8) is 0 Å². The van der Waals surface area contributed by atoms with E-state index in [0.29, 0.717) is 6.29 Å². The summed E-state index contributed by atoms with van der Waals surface area (Å²) in [6.07, 6.45) is -2.30. The molecule has 0 saturated heterocycles. The summed E-state index contributed by atoms with van der Waals surface area (Å²) < 4.78 is 34.2. The van der Waals surface area contributed by atoms with Crippen molar-refractivity contribution in [2.45, 2.75) is 6.43 Å².